The maximum absolute atomic E-state index is 6.28. The zero-order valence-corrected chi connectivity index (χ0v) is 26.5. The van der Waals surface area contributed by atoms with Crippen LogP contribution >= 0.6 is 0 Å². The van der Waals surface area contributed by atoms with Gasteiger partial charge < -0.3 is 4.42 Å². The van der Waals surface area contributed by atoms with Crippen LogP contribution in [0, 0.1) is 0 Å². The molecule has 0 saturated heterocycles. The molecule has 0 amide bonds. The Morgan fingerprint density at radius 2 is 0.878 bits per heavy atom. The number of rotatable bonds is 6. The highest BCUT2D eigenvalue weighted by atomic mass is 16.3. The minimum Gasteiger partial charge on any atom is -0.438 e. The first kappa shape index (κ1) is 28.6. The number of para-hydroxylation sites is 1. The van der Waals surface area contributed by atoms with E-state index in [4.69, 9.17) is 19.4 Å². The standard InChI is InChI=1S/C45H29N3O/c1-4-14-30(15-5-1)37-28-39(31-16-6-2-7-17-31)46-40(29-37)35-22-12-20-33(26-35)34-21-13-23-36(27-34)43-42-38-24-10-11-25-41(38)49-45(42)48-44(47-43)32-18-8-3-9-19-32/h1-29H. The molecule has 3 aromatic heterocycles. The van der Waals surface area contributed by atoms with Gasteiger partial charge in [-0.1, -0.05) is 146 Å². The van der Waals surface area contributed by atoms with E-state index in [1.54, 1.807) is 0 Å². The van der Waals surface area contributed by atoms with Crippen molar-refractivity contribution in [2.24, 2.45) is 0 Å². The fraction of sp³-hybridized carbons (Fsp3) is 0. The van der Waals surface area contributed by atoms with Crippen LogP contribution in [0.5, 0.6) is 0 Å². The first-order chi connectivity index (χ1) is 24.3. The van der Waals surface area contributed by atoms with Gasteiger partial charge in [0.1, 0.15) is 5.58 Å². The summed E-state index contributed by atoms with van der Waals surface area (Å²) in [5, 5.41) is 1.91. The van der Waals surface area contributed by atoms with Gasteiger partial charge in [0.2, 0.25) is 5.71 Å². The van der Waals surface area contributed by atoms with Crippen LogP contribution in [-0.2, 0) is 0 Å². The Bertz CT molecular complexity index is 2540. The van der Waals surface area contributed by atoms with E-state index in [2.05, 4.69) is 115 Å². The molecule has 4 heteroatoms. The lowest BCUT2D eigenvalue weighted by Gasteiger charge is -2.12. The molecule has 3 heterocycles. The molecule has 9 rings (SSSR count). The summed E-state index contributed by atoms with van der Waals surface area (Å²) in [4.78, 5) is 15.2. The van der Waals surface area contributed by atoms with Crippen molar-refractivity contribution in [1.82, 2.24) is 15.0 Å². The van der Waals surface area contributed by atoms with Gasteiger partial charge in [0.15, 0.2) is 5.82 Å². The number of furan rings is 1. The lowest BCUT2D eigenvalue weighted by atomic mass is 9.96. The summed E-state index contributed by atoms with van der Waals surface area (Å²) in [5.41, 5.74) is 12.6. The maximum atomic E-state index is 6.28. The predicted octanol–water partition coefficient (Wildman–Crippen LogP) is 11.8. The van der Waals surface area contributed by atoms with E-state index >= 15 is 0 Å². The largest absolute Gasteiger partial charge is 0.438 e. The summed E-state index contributed by atoms with van der Waals surface area (Å²) in [7, 11) is 0. The minimum atomic E-state index is 0.580. The minimum absolute atomic E-state index is 0.580. The molecule has 0 aliphatic heterocycles. The van der Waals surface area contributed by atoms with E-state index in [0.717, 1.165) is 77.9 Å². The van der Waals surface area contributed by atoms with Crippen LogP contribution in [0.3, 0.4) is 0 Å². The highest BCUT2D eigenvalue weighted by Crippen LogP contribution is 2.38. The molecule has 230 valence electrons. The van der Waals surface area contributed by atoms with E-state index in [0.29, 0.717) is 11.5 Å². The molecule has 0 N–H and O–H groups in total. The molecule has 49 heavy (non-hydrogen) atoms. The van der Waals surface area contributed by atoms with E-state index in [9.17, 15) is 0 Å². The Morgan fingerprint density at radius 3 is 1.59 bits per heavy atom. The Labute approximate surface area is 284 Å². The van der Waals surface area contributed by atoms with Crippen molar-refractivity contribution >= 4 is 22.1 Å². The van der Waals surface area contributed by atoms with Crippen molar-refractivity contribution in [2.75, 3.05) is 0 Å². The highest BCUT2D eigenvalue weighted by Gasteiger charge is 2.18. The SMILES string of the molecule is c1ccc(-c2cc(-c3ccccc3)nc(-c3cccc(-c4cccc(-c5nc(-c6ccccc6)nc6oc7ccccc7c56)c4)c3)c2)cc1. The molecular formula is C45H29N3O. The molecular weight excluding hydrogens is 599 g/mol. The van der Waals surface area contributed by atoms with E-state index in [-0.39, 0.29) is 0 Å². The Balaban J connectivity index is 1.17. The van der Waals surface area contributed by atoms with Crippen LogP contribution in [-0.4, -0.2) is 15.0 Å². The molecule has 4 nitrogen and oxygen atoms in total. The second-order valence-electron chi connectivity index (χ2n) is 12.1. The number of aromatic nitrogens is 3. The molecule has 0 spiro atoms. The molecule has 9 aromatic rings. The molecule has 0 unspecified atom stereocenters. The van der Waals surface area contributed by atoms with Crippen LogP contribution < -0.4 is 0 Å². The third-order valence-electron chi connectivity index (χ3n) is 8.90. The van der Waals surface area contributed by atoms with Gasteiger partial charge in [-0.05, 0) is 52.6 Å². The van der Waals surface area contributed by atoms with Crippen molar-refractivity contribution in [3.05, 3.63) is 176 Å². The fourth-order valence-electron chi connectivity index (χ4n) is 6.48. The van der Waals surface area contributed by atoms with E-state index < -0.39 is 0 Å². The highest BCUT2D eigenvalue weighted by molar-refractivity contribution is 6.10. The van der Waals surface area contributed by atoms with Crippen molar-refractivity contribution in [1.29, 1.82) is 0 Å². The molecule has 0 saturated carbocycles. The molecule has 6 aromatic carbocycles. The third-order valence-corrected chi connectivity index (χ3v) is 8.90. The molecule has 0 atom stereocenters. The molecule has 0 fully saturated rings. The average molecular weight is 628 g/mol. The number of hydrogen-bond donors (Lipinski definition) is 0. The monoisotopic (exact) mass is 627 g/mol. The van der Waals surface area contributed by atoms with E-state index in [1.807, 2.05) is 60.7 Å². The molecule has 0 aliphatic carbocycles. The van der Waals surface area contributed by atoms with Gasteiger partial charge in [-0.25, -0.2) is 9.97 Å². The zero-order chi connectivity index (χ0) is 32.6. The predicted molar refractivity (Wildman–Crippen MR) is 200 cm³/mol. The van der Waals surface area contributed by atoms with Gasteiger partial charge in [0.25, 0.3) is 0 Å². The first-order valence-corrected chi connectivity index (χ1v) is 16.4. The Morgan fingerprint density at radius 1 is 0.347 bits per heavy atom. The van der Waals surface area contributed by atoms with Crippen LogP contribution in [0.1, 0.15) is 0 Å². The summed E-state index contributed by atoms with van der Waals surface area (Å²) in [5.74, 6) is 0.633. The number of benzene rings is 6. The topological polar surface area (TPSA) is 51.8 Å². The first-order valence-electron chi connectivity index (χ1n) is 16.4. The van der Waals surface area contributed by atoms with Crippen LogP contribution in [0.25, 0.3) is 89.5 Å². The maximum Gasteiger partial charge on any atom is 0.231 e. The summed E-state index contributed by atoms with van der Waals surface area (Å²) in [6.07, 6.45) is 0. The van der Waals surface area contributed by atoms with Gasteiger partial charge >= 0.3 is 0 Å². The van der Waals surface area contributed by atoms with Crippen LogP contribution in [0.4, 0.5) is 0 Å². The zero-order valence-electron chi connectivity index (χ0n) is 26.5. The molecule has 0 radical (unpaired) electrons. The smallest absolute Gasteiger partial charge is 0.231 e. The lowest BCUT2D eigenvalue weighted by Crippen LogP contribution is -1.94. The molecule has 0 bridgehead atoms. The Kier molecular flexibility index (Phi) is 7.10. The van der Waals surface area contributed by atoms with Crippen molar-refractivity contribution in [3.8, 4) is 67.4 Å². The van der Waals surface area contributed by atoms with Crippen LogP contribution in [0.15, 0.2) is 180 Å². The number of nitrogens with zero attached hydrogens (tertiary/aromatic N) is 3. The van der Waals surface area contributed by atoms with Crippen molar-refractivity contribution in [3.63, 3.8) is 0 Å². The normalized spacial score (nSPS) is 11.3. The van der Waals surface area contributed by atoms with Gasteiger partial charge in [-0.3, -0.25) is 0 Å². The number of pyridine rings is 1. The van der Waals surface area contributed by atoms with Gasteiger partial charge in [-0.2, -0.15) is 4.98 Å². The number of hydrogen-bond acceptors (Lipinski definition) is 4. The summed E-state index contributed by atoms with van der Waals surface area (Å²) < 4.78 is 6.28. The van der Waals surface area contributed by atoms with E-state index in [1.165, 1.54) is 0 Å². The quantitative estimate of drug-likeness (QED) is 0.184. The van der Waals surface area contributed by atoms with Crippen molar-refractivity contribution in [2.45, 2.75) is 0 Å². The second-order valence-corrected chi connectivity index (χ2v) is 12.1. The molecule has 0 aliphatic rings. The van der Waals surface area contributed by atoms with Crippen LogP contribution in [0.2, 0.25) is 0 Å². The summed E-state index contributed by atoms with van der Waals surface area (Å²) in [6, 6.07) is 60.5. The van der Waals surface area contributed by atoms with Crippen molar-refractivity contribution < 1.29 is 4.42 Å². The second kappa shape index (κ2) is 12.2. The third kappa shape index (κ3) is 5.45. The summed E-state index contributed by atoms with van der Waals surface area (Å²) >= 11 is 0. The Hall–Kier alpha value is -6.65. The lowest BCUT2D eigenvalue weighted by molar-refractivity contribution is 0.653. The van der Waals surface area contributed by atoms with Gasteiger partial charge in [-0.15, -0.1) is 0 Å². The summed E-state index contributed by atoms with van der Waals surface area (Å²) in [6.45, 7) is 0. The average Bonchev–Trinajstić information content (AvgIpc) is 3.57. The van der Waals surface area contributed by atoms with Gasteiger partial charge in [0.05, 0.1) is 22.5 Å². The van der Waals surface area contributed by atoms with Gasteiger partial charge in [0, 0.05) is 27.6 Å². The number of fused-ring (bicyclic) bond motifs is 3. The fourth-order valence-corrected chi connectivity index (χ4v) is 6.48.